The second kappa shape index (κ2) is 9.66. The number of thiazole rings is 1. The Morgan fingerprint density at radius 1 is 1.03 bits per heavy atom. The van der Waals surface area contributed by atoms with E-state index in [1.54, 1.807) is 13.3 Å². The summed E-state index contributed by atoms with van der Waals surface area (Å²) in [6, 6.07) is 16.1. The van der Waals surface area contributed by atoms with Crippen molar-refractivity contribution in [3.8, 4) is 16.9 Å². The number of rotatable bonds is 7. The zero-order valence-corrected chi connectivity index (χ0v) is 17.8. The summed E-state index contributed by atoms with van der Waals surface area (Å²) in [6.07, 6.45) is 1.74. The van der Waals surface area contributed by atoms with Crippen molar-refractivity contribution in [3.05, 3.63) is 64.7 Å². The molecule has 3 aromatic rings. The van der Waals surface area contributed by atoms with Crippen molar-refractivity contribution < 1.29 is 4.74 Å². The van der Waals surface area contributed by atoms with Gasteiger partial charge < -0.3 is 16.2 Å². The molecule has 0 bridgehead atoms. The molecule has 0 fully saturated rings. The third-order valence-electron chi connectivity index (χ3n) is 4.15. The minimum absolute atomic E-state index is 0.0857. The monoisotopic (exact) mass is 421 g/mol. The molecular formula is C21H23N7OS. The number of aromatic nitrogens is 1. The number of hydrogen-bond acceptors (Lipinski definition) is 7. The van der Waals surface area contributed by atoms with Gasteiger partial charge in [0.15, 0.2) is 0 Å². The molecule has 9 heteroatoms. The molecule has 0 unspecified atom stereocenters. The van der Waals surface area contributed by atoms with Crippen LogP contribution in [0.1, 0.15) is 23.1 Å². The first-order valence-electron chi connectivity index (χ1n) is 9.11. The van der Waals surface area contributed by atoms with E-state index in [9.17, 15) is 0 Å². The van der Waals surface area contributed by atoms with E-state index in [-0.39, 0.29) is 5.96 Å². The molecule has 0 spiro atoms. The highest BCUT2D eigenvalue weighted by atomic mass is 32.1. The van der Waals surface area contributed by atoms with Gasteiger partial charge in [-0.3, -0.25) is 5.43 Å². The number of nitrogens with two attached hydrogens (primary N) is 2. The number of benzene rings is 2. The molecule has 0 saturated carbocycles. The van der Waals surface area contributed by atoms with Gasteiger partial charge in [-0.1, -0.05) is 47.7 Å². The van der Waals surface area contributed by atoms with Gasteiger partial charge in [-0.15, -0.1) is 5.10 Å². The number of aryl methyl sites for hydroxylation is 1. The molecule has 154 valence electrons. The normalized spacial score (nSPS) is 11.5. The number of nitrogens with one attached hydrogen (secondary N) is 1. The number of hydrogen-bond donors (Lipinski definition) is 3. The third kappa shape index (κ3) is 5.42. The summed E-state index contributed by atoms with van der Waals surface area (Å²) in [7, 11) is 1.66. The van der Waals surface area contributed by atoms with Crippen LogP contribution >= 0.6 is 11.3 Å². The lowest BCUT2D eigenvalue weighted by Gasteiger charge is -2.04. The van der Waals surface area contributed by atoms with Crippen molar-refractivity contribution >= 4 is 34.4 Å². The number of guanidine groups is 1. The van der Waals surface area contributed by atoms with Crippen LogP contribution in [0, 0.1) is 6.92 Å². The Kier molecular flexibility index (Phi) is 6.76. The van der Waals surface area contributed by atoms with E-state index in [1.807, 2.05) is 50.2 Å². The lowest BCUT2D eigenvalue weighted by Crippen LogP contribution is -2.22. The van der Waals surface area contributed by atoms with Gasteiger partial charge in [0.25, 0.3) is 0 Å². The van der Waals surface area contributed by atoms with E-state index in [1.165, 1.54) is 11.3 Å². The zero-order chi connectivity index (χ0) is 21.5. The van der Waals surface area contributed by atoms with E-state index in [4.69, 9.17) is 16.2 Å². The number of methoxy groups -OCH3 is 1. The summed E-state index contributed by atoms with van der Waals surface area (Å²) < 4.78 is 5.20. The number of anilines is 1. The van der Waals surface area contributed by atoms with Crippen LogP contribution in [0.5, 0.6) is 5.75 Å². The van der Waals surface area contributed by atoms with Gasteiger partial charge in [0.1, 0.15) is 5.75 Å². The Balaban J connectivity index is 1.65. The molecule has 0 atom stereocenters. The summed E-state index contributed by atoms with van der Waals surface area (Å²) >= 11 is 1.43. The Bertz CT molecular complexity index is 1080. The predicted octanol–water partition coefficient (Wildman–Crippen LogP) is 3.57. The first-order chi connectivity index (χ1) is 14.5. The lowest BCUT2D eigenvalue weighted by atomic mass is 10.0. The molecule has 0 radical (unpaired) electrons. The van der Waals surface area contributed by atoms with Crippen molar-refractivity contribution in [1.82, 2.24) is 4.98 Å². The first kappa shape index (κ1) is 21.0. The Hall–Kier alpha value is -3.72. The minimum atomic E-state index is -0.0857. The van der Waals surface area contributed by atoms with E-state index in [2.05, 4.69) is 37.8 Å². The molecule has 1 heterocycles. The fourth-order valence-electron chi connectivity index (χ4n) is 2.67. The smallest absolute Gasteiger partial charge is 0.211 e. The average molecular weight is 422 g/mol. The van der Waals surface area contributed by atoms with Gasteiger partial charge in [0, 0.05) is 0 Å². The van der Waals surface area contributed by atoms with Crippen LogP contribution in [-0.2, 0) is 0 Å². The second-order valence-corrected chi connectivity index (χ2v) is 7.36. The molecule has 0 saturated heterocycles. The van der Waals surface area contributed by atoms with Gasteiger partial charge in [0.05, 0.1) is 29.6 Å². The fourth-order valence-corrected chi connectivity index (χ4v) is 3.52. The van der Waals surface area contributed by atoms with Crippen LogP contribution in [0.2, 0.25) is 0 Å². The Morgan fingerprint density at radius 2 is 1.67 bits per heavy atom. The van der Waals surface area contributed by atoms with Crippen LogP contribution in [0.25, 0.3) is 11.1 Å². The maximum Gasteiger partial charge on any atom is 0.211 e. The van der Waals surface area contributed by atoms with E-state index in [0.29, 0.717) is 10.8 Å². The molecule has 0 aliphatic rings. The molecule has 0 aliphatic heterocycles. The number of hydrazone groups is 1. The van der Waals surface area contributed by atoms with Crippen molar-refractivity contribution in [2.75, 3.05) is 12.5 Å². The van der Waals surface area contributed by atoms with Crippen LogP contribution in [0.15, 0.2) is 63.8 Å². The molecule has 1 aromatic heterocycles. The second-order valence-electron chi connectivity index (χ2n) is 6.36. The molecule has 30 heavy (non-hydrogen) atoms. The number of ether oxygens (including phenoxy) is 1. The molecule has 8 nitrogen and oxygen atoms in total. The molecule has 0 amide bonds. The van der Waals surface area contributed by atoms with Gasteiger partial charge >= 0.3 is 0 Å². The quantitative estimate of drug-likeness (QED) is 0.306. The molecular weight excluding hydrogens is 398 g/mol. The van der Waals surface area contributed by atoms with Gasteiger partial charge in [-0.25, -0.2) is 4.98 Å². The minimum Gasteiger partial charge on any atom is -0.497 e. The highest BCUT2D eigenvalue weighted by Gasteiger charge is 2.10. The highest BCUT2D eigenvalue weighted by molar-refractivity contribution is 7.17. The summed E-state index contributed by atoms with van der Waals surface area (Å²) in [5.41, 5.74) is 18.3. The van der Waals surface area contributed by atoms with Crippen LogP contribution < -0.4 is 21.6 Å². The average Bonchev–Trinajstić information content (AvgIpc) is 3.13. The largest absolute Gasteiger partial charge is 0.497 e. The van der Waals surface area contributed by atoms with Crippen molar-refractivity contribution in [2.45, 2.75) is 13.8 Å². The first-order valence-corrected chi connectivity index (χ1v) is 9.92. The van der Waals surface area contributed by atoms with Crippen molar-refractivity contribution in [2.24, 2.45) is 26.8 Å². The van der Waals surface area contributed by atoms with Gasteiger partial charge in [0.2, 0.25) is 11.1 Å². The maximum absolute atomic E-state index is 5.31. The van der Waals surface area contributed by atoms with E-state index < -0.39 is 0 Å². The summed E-state index contributed by atoms with van der Waals surface area (Å²) in [4.78, 5) is 5.34. The highest BCUT2D eigenvalue weighted by Crippen LogP contribution is 2.24. The fraction of sp³-hybridized carbons (Fsp3) is 0.143. The van der Waals surface area contributed by atoms with Gasteiger partial charge in [-0.05, 0) is 42.7 Å². The van der Waals surface area contributed by atoms with Crippen molar-refractivity contribution in [3.63, 3.8) is 0 Å². The third-order valence-corrected chi connectivity index (χ3v) is 5.32. The summed E-state index contributed by atoms with van der Waals surface area (Å²) in [6.45, 7) is 3.72. The molecule has 0 aliphatic carbocycles. The van der Waals surface area contributed by atoms with E-state index >= 15 is 0 Å². The SMILES string of the molecule is COc1ccc(-c2ccc(/C=N/Nc3nc(C)c(/C(C)=N/N=C(N)N)s3)cc2)cc1. The standard InChI is InChI=1S/C21H23N7OS/c1-13-19(14(2)26-27-20(22)23)30-21(25-13)28-24-12-15-4-6-16(7-5-15)17-8-10-18(29-3)11-9-17/h4-12H,1-3H3,(H,25,28)(H4,22,23,27)/b24-12+,26-14+. The summed E-state index contributed by atoms with van der Waals surface area (Å²) in [5.74, 6) is 0.754. The Morgan fingerprint density at radius 3 is 2.27 bits per heavy atom. The molecule has 3 rings (SSSR count). The lowest BCUT2D eigenvalue weighted by molar-refractivity contribution is 0.415. The molecule has 5 N–H and O–H groups in total. The van der Waals surface area contributed by atoms with Crippen LogP contribution in [0.3, 0.4) is 0 Å². The topological polar surface area (TPSA) is 123 Å². The number of nitrogens with zero attached hydrogens (tertiary/aromatic N) is 4. The predicted molar refractivity (Wildman–Crippen MR) is 125 cm³/mol. The Labute approximate surface area is 179 Å². The van der Waals surface area contributed by atoms with Crippen molar-refractivity contribution in [1.29, 1.82) is 0 Å². The maximum atomic E-state index is 5.31. The molecule has 2 aromatic carbocycles. The zero-order valence-electron chi connectivity index (χ0n) is 17.0. The van der Waals surface area contributed by atoms with E-state index in [0.717, 1.165) is 33.0 Å². The van der Waals surface area contributed by atoms with Crippen LogP contribution in [0.4, 0.5) is 5.13 Å². The van der Waals surface area contributed by atoms with Gasteiger partial charge in [-0.2, -0.15) is 10.2 Å². The summed E-state index contributed by atoms with van der Waals surface area (Å²) in [5, 5.41) is 12.6. The van der Waals surface area contributed by atoms with Crippen LogP contribution in [-0.4, -0.2) is 30.0 Å².